The zero-order valence-electron chi connectivity index (χ0n) is 9.97. The summed E-state index contributed by atoms with van der Waals surface area (Å²) in [6.45, 7) is 3.72. The lowest BCUT2D eigenvalue weighted by atomic mass is 10.1. The van der Waals surface area contributed by atoms with Gasteiger partial charge in [0.1, 0.15) is 16.1 Å². The summed E-state index contributed by atoms with van der Waals surface area (Å²) in [7, 11) is 0. The first-order chi connectivity index (χ1) is 8.51. The molecule has 0 radical (unpaired) electrons. The van der Waals surface area contributed by atoms with Crippen LogP contribution in [0, 0.1) is 12.7 Å². The van der Waals surface area contributed by atoms with Crippen LogP contribution in [0.4, 0.5) is 4.39 Å². The molecular weight excluding hydrogens is 274 g/mol. The fourth-order valence-electron chi connectivity index (χ4n) is 1.72. The van der Waals surface area contributed by atoms with Crippen molar-refractivity contribution in [3.05, 3.63) is 45.4 Å². The maximum atomic E-state index is 13.3. The third-order valence-corrected chi connectivity index (χ3v) is 3.19. The Balaban J connectivity index is 2.58. The van der Waals surface area contributed by atoms with E-state index in [0.717, 1.165) is 5.56 Å². The number of hydrogen-bond donors (Lipinski definition) is 0. The fraction of sp³-hybridized carbons (Fsp3) is 0.231. The van der Waals surface area contributed by atoms with E-state index in [1.165, 1.54) is 12.1 Å². The molecular formula is C13H11Cl2FN2. The Kier molecular flexibility index (Phi) is 3.83. The van der Waals surface area contributed by atoms with Gasteiger partial charge < -0.3 is 0 Å². The summed E-state index contributed by atoms with van der Waals surface area (Å²) in [6.07, 6.45) is 0.653. The zero-order valence-corrected chi connectivity index (χ0v) is 11.5. The minimum atomic E-state index is -0.333. The molecule has 0 aliphatic carbocycles. The lowest BCUT2D eigenvalue weighted by Crippen LogP contribution is -1.97. The first kappa shape index (κ1) is 13.2. The van der Waals surface area contributed by atoms with E-state index < -0.39 is 0 Å². The molecule has 0 N–H and O–H groups in total. The van der Waals surface area contributed by atoms with Gasteiger partial charge in [0.25, 0.3) is 0 Å². The second kappa shape index (κ2) is 5.21. The van der Waals surface area contributed by atoms with E-state index in [0.29, 0.717) is 33.7 Å². The number of aryl methyl sites for hydroxylation is 1. The predicted octanol–water partition coefficient (Wildman–Crippen LogP) is 4.46. The van der Waals surface area contributed by atoms with Gasteiger partial charge in [-0.2, -0.15) is 0 Å². The molecule has 0 aliphatic heterocycles. The first-order valence-corrected chi connectivity index (χ1v) is 6.26. The van der Waals surface area contributed by atoms with Crippen LogP contribution in [-0.2, 0) is 6.42 Å². The van der Waals surface area contributed by atoms with Gasteiger partial charge in [-0.05, 0) is 37.1 Å². The van der Waals surface area contributed by atoms with E-state index in [9.17, 15) is 4.39 Å². The Labute approximate surface area is 115 Å². The van der Waals surface area contributed by atoms with E-state index in [2.05, 4.69) is 9.97 Å². The predicted molar refractivity (Wildman–Crippen MR) is 71.6 cm³/mol. The van der Waals surface area contributed by atoms with Crippen LogP contribution >= 0.6 is 23.2 Å². The molecule has 0 bridgehead atoms. The second-order valence-corrected chi connectivity index (χ2v) is 4.69. The van der Waals surface area contributed by atoms with E-state index in [1.807, 2.05) is 6.92 Å². The van der Waals surface area contributed by atoms with Crippen molar-refractivity contribution in [2.24, 2.45) is 0 Å². The number of hydrogen-bond acceptors (Lipinski definition) is 2. The van der Waals surface area contributed by atoms with Crippen LogP contribution in [0.15, 0.2) is 18.2 Å². The Morgan fingerprint density at radius 2 is 1.72 bits per heavy atom. The standard InChI is InChI=1S/C13H11Cl2FN2/c1-3-10-11(14)17-13(18-12(10)15)8-4-7(2)5-9(16)6-8/h4-6H,3H2,1-2H3. The largest absolute Gasteiger partial charge is 0.216 e. The maximum Gasteiger partial charge on any atom is 0.162 e. The van der Waals surface area contributed by atoms with Crippen molar-refractivity contribution < 1.29 is 4.39 Å². The normalized spacial score (nSPS) is 10.7. The molecule has 0 unspecified atom stereocenters. The summed E-state index contributed by atoms with van der Waals surface area (Å²) < 4.78 is 13.3. The Bertz CT molecular complexity index is 556. The van der Waals surface area contributed by atoms with Crippen LogP contribution < -0.4 is 0 Å². The van der Waals surface area contributed by atoms with Crippen molar-refractivity contribution in [1.29, 1.82) is 0 Å². The second-order valence-electron chi connectivity index (χ2n) is 3.98. The van der Waals surface area contributed by atoms with Crippen LogP contribution in [0.5, 0.6) is 0 Å². The van der Waals surface area contributed by atoms with Crippen molar-refractivity contribution in [3.8, 4) is 11.4 Å². The minimum Gasteiger partial charge on any atom is -0.216 e. The number of aromatic nitrogens is 2. The van der Waals surface area contributed by atoms with Crippen LogP contribution in [0.1, 0.15) is 18.1 Å². The molecule has 0 amide bonds. The summed E-state index contributed by atoms with van der Waals surface area (Å²) >= 11 is 12.1. The minimum absolute atomic E-state index is 0.314. The molecule has 0 fully saturated rings. The van der Waals surface area contributed by atoms with Crippen molar-refractivity contribution in [2.45, 2.75) is 20.3 Å². The molecule has 0 saturated heterocycles. The molecule has 5 heteroatoms. The molecule has 94 valence electrons. The molecule has 2 aromatic rings. The highest BCUT2D eigenvalue weighted by atomic mass is 35.5. The van der Waals surface area contributed by atoms with Gasteiger partial charge in [0.05, 0.1) is 0 Å². The molecule has 0 spiro atoms. The van der Waals surface area contributed by atoms with Gasteiger partial charge in [-0.3, -0.25) is 0 Å². The van der Waals surface area contributed by atoms with E-state index in [1.54, 1.807) is 13.0 Å². The van der Waals surface area contributed by atoms with Gasteiger partial charge in [0, 0.05) is 11.1 Å². The highest BCUT2D eigenvalue weighted by Crippen LogP contribution is 2.26. The van der Waals surface area contributed by atoms with Gasteiger partial charge in [-0.15, -0.1) is 0 Å². The monoisotopic (exact) mass is 284 g/mol. The number of benzene rings is 1. The molecule has 2 rings (SSSR count). The molecule has 0 aliphatic rings. The lowest BCUT2D eigenvalue weighted by Gasteiger charge is -2.07. The highest BCUT2D eigenvalue weighted by Gasteiger charge is 2.12. The zero-order chi connectivity index (χ0) is 13.3. The summed E-state index contributed by atoms with van der Waals surface area (Å²) in [6, 6.07) is 4.59. The maximum absolute atomic E-state index is 13.3. The van der Waals surface area contributed by atoms with Gasteiger partial charge in [0.15, 0.2) is 5.82 Å². The molecule has 0 saturated carbocycles. The number of halogens is 3. The summed E-state index contributed by atoms with van der Waals surface area (Å²) in [5.41, 5.74) is 2.06. The quantitative estimate of drug-likeness (QED) is 0.761. The van der Waals surface area contributed by atoms with Crippen LogP contribution in [0.3, 0.4) is 0 Å². The summed E-state index contributed by atoms with van der Waals surface area (Å²) in [4.78, 5) is 8.32. The van der Waals surface area contributed by atoms with Gasteiger partial charge >= 0.3 is 0 Å². The average Bonchev–Trinajstić information content (AvgIpc) is 2.27. The Morgan fingerprint density at radius 1 is 1.11 bits per heavy atom. The van der Waals surface area contributed by atoms with Crippen molar-refractivity contribution in [3.63, 3.8) is 0 Å². The van der Waals surface area contributed by atoms with E-state index in [4.69, 9.17) is 23.2 Å². The first-order valence-electron chi connectivity index (χ1n) is 5.50. The van der Waals surface area contributed by atoms with Gasteiger partial charge in [0.2, 0.25) is 0 Å². The Hall–Kier alpha value is -1.19. The Morgan fingerprint density at radius 3 is 2.22 bits per heavy atom. The van der Waals surface area contributed by atoms with Crippen molar-refractivity contribution in [2.75, 3.05) is 0 Å². The SMILES string of the molecule is CCc1c(Cl)nc(-c2cc(C)cc(F)c2)nc1Cl. The fourth-order valence-corrected chi connectivity index (χ4v) is 2.37. The van der Waals surface area contributed by atoms with Crippen molar-refractivity contribution in [1.82, 2.24) is 9.97 Å². The highest BCUT2D eigenvalue weighted by molar-refractivity contribution is 6.34. The third-order valence-electron chi connectivity index (χ3n) is 2.56. The van der Waals surface area contributed by atoms with Crippen molar-refractivity contribution >= 4 is 23.2 Å². The van der Waals surface area contributed by atoms with Gasteiger partial charge in [-0.25, -0.2) is 14.4 Å². The molecule has 1 aromatic heterocycles. The van der Waals surface area contributed by atoms with Gasteiger partial charge in [-0.1, -0.05) is 30.1 Å². The van der Waals surface area contributed by atoms with E-state index >= 15 is 0 Å². The molecule has 2 nitrogen and oxygen atoms in total. The molecule has 1 aromatic carbocycles. The smallest absolute Gasteiger partial charge is 0.162 e. The topological polar surface area (TPSA) is 25.8 Å². The lowest BCUT2D eigenvalue weighted by molar-refractivity contribution is 0.627. The van der Waals surface area contributed by atoms with Crippen LogP contribution in [0.25, 0.3) is 11.4 Å². The summed E-state index contributed by atoms with van der Waals surface area (Å²) in [5, 5.41) is 0.629. The van der Waals surface area contributed by atoms with Crippen LogP contribution in [0.2, 0.25) is 10.3 Å². The summed E-state index contributed by atoms with van der Waals surface area (Å²) in [5.74, 6) is 0.00483. The third kappa shape index (κ3) is 2.62. The average molecular weight is 285 g/mol. The molecule has 0 atom stereocenters. The molecule has 1 heterocycles. The number of nitrogens with zero attached hydrogens (tertiary/aromatic N) is 2. The number of rotatable bonds is 2. The van der Waals surface area contributed by atoms with E-state index in [-0.39, 0.29) is 5.82 Å². The molecule has 18 heavy (non-hydrogen) atoms. The van der Waals surface area contributed by atoms with Crippen LogP contribution in [-0.4, -0.2) is 9.97 Å².